The van der Waals surface area contributed by atoms with Crippen molar-refractivity contribution in [2.45, 2.75) is 51.0 Å². The quantitative estimate of drug-likeness (QED) is 0.352. The molecule has 11 heteroatoms. The lowest BCUT2D eigenvalue weighted by atomic mass is 9.81. The standard InChI is InChI=1S/C33H43N5O5S/c1-36(16-17-37-14-12-34-13-15-37)44(41,42)35-33(40)25-8-10-29-30(20-25)38-21-23(22-39)18-26-19-27(43-2)9-11-28(26)32(38)31(29)24-6-4-3-5-7-24/h8-11,19-20,22-24,34H,3-7,12-18,21H2,1-2H3,(H,35,40)/t23-/m0/s1. The number of hydrogen-bond acceptors (Lipinski definition) is 7. The van der Waals surface area contributed by atoms with Crippen molar-refractivity contribution in [2.75, 3.05) is 53.4 Å². The van der Waals surface area contributed by atoms with Gasteiger partial charge in [0.25, 0.3) is 5.91 Å². The van der Waals surface area contributed by atoms with Crippen LogP contribution in [-0.4, -0.2) is 87.8 Å². The summed E-state index contributed by atoms with van der Waals surface area (Å²) in [4.78, 5) is 27.9. The van der Waals surface area contributed by atoms with Crippen LogP contribution in [0.5, 0.6) is 5.75 Å². The molecule has 2 aromatic carbocycles. The first-order chi connectivity index (χ1) is 21.3. The molecule has 1 aliphatic carbocycles. The highest BCUT2D eigenvalue weighted by Gasteiger charge is 2.32. The summed E-state index contributed by atoms with van der Waals surface area (Å²) in [5.41, 5.74) is 5.67. The molecule has 236 valence electrons. The summed E-state index contributed by atoms with van der Waals surface area (Å²) in [6, 6.07) is 11.6. The van der Waals surface area contributed by atoms with E-state index in [1.807, 2.05) is 18.2 Å². The van der Waals surface area contributed by atoms with Crippen molar-refractivity contribution >= 4 is 33.3 Å². The molecular formula is C33H43N5O5S. The number of likely N-dealkylation sites (N-methyl/N-ethyl adjacent to an activating group) is 1. The number of carbonyl (C=O) groups is 2. The van der Waals surface area contributed by atoms with Crippen LogP contribution in [0.2, 0.25) is 0 Å². The van der Waals surface area contributed by atoms with Crippen LogP contribution >= 0.6 is 0 Å². The van der Waals surface area contributed by atoms with Crippen LogP contribution in [0.1, 0.15) is 59.5 Å². The van der Waals surface area contributed by atoms with Gasteiger partial charge in [0, 0.05) is 80.8 Å². The number of fused-ring (bicyclic) bond motifs is 5. The normalized spacial score (nSPS) is 19.8. The second-order valence-electron chi connectivity index (χ2n) is 12.4. The number of rotatable bonds is 9. The summed E-state index contributed by atoms with van der Waals surface area (Å²) in [5.74, 6) is 0.213. The lowest BCUT2D eigenvalue weighted by Crippen LogP contribution is -2.48. The number of benzene rings is 2. The highest BCUT2D eigenvalue weighted by molar-refractivity contribution is 7.87. The first-order valence-corrected chi connectivity index (χ1v) is 17.2. The first kappa shape index (κ1) is 30.8. The van der Waals surface area contributed by atoms with Gasteiger partial charge in [0.2, 0.25) is 0 Å². The first-order valence-electron chi connectivity index (χ1n) is 15.8. The van der Waals surface area contributed by atoms with E-state index < -0.39 is 16.1 Å². The fraction of sp³-hybridized carbons (Fsp3) is 0.515. The van der Waals surface area contributed by atoms with Gasteiger partial charge in [-0.25, -0.2) is 4.72 Å². The number of aromatic nitrogens is 1. The predicted octanol–water partition coefficient (Wildman–Crippen LogP) is 3.55. The van der Waals surface area contributed by atoms with Gasteiger partial charge in [0.15, 0.2) is 0 Å². The van der Waals surface area contributed by atoms with Gasteiger partial charge in [0.05, 0.1) is 12.8 Å². The topological polar surface area (TPSA) is 113 Å². The lowest BCUT2D eigenvalue weighted by molar-refractivity contribution is -0.111. The molecule has 1 saturated heterocycles. The fourth-order valence-corrected chi connectivity index (χ4v) is 7.99. The van der Waals surface area contributed by atoms with Crippen molar-refractivity contribution in [2.24, 2.45) is 5.92 Å². The van der Waals surface area contributed by atoms with Gasteiger partial charge in [-0.2, -0.15) is 12.7 Å². The largest absolute Gasteiger partial charge is 0.497 e. The molecule has 10 nitrogen and oxygen atoms in total. The van der Waals surface area contributed by atoms with E-state index in [-0.39, 0.29) is 18.0 Å². The molecule has 6 rings (SSSR count). The molecule has 0 radical (unpaired) electrons. The van der Waals surface area contributed by atoms with Crippen LogP contribution in [-0.2, 0) is 28.0 Å². The summed E-state index contributed by atoms with van der Waals surface area (Å²) >= 11 is 0. The number of nitrogens with one attached hydrogen (secondary N) is 2. The maximum Gasteiger partial charge on any atom is 0.303 e. The van der Waals surface area contributed by atoms with Gasteiger partial charge in [-0.1, -0.05) is 25.3 Å². The monoisotopic (exact) mass is 621 g/mol. The van der Waals surface area contributed by atoms with Crippen molar-refractivity contribution in [1.82, 2.24) is 23.8 Å². The maximum atomic E-state index is 13.4. The van der Waals surface area contributed by atoms with E-state index in [1.54, 1.807) is 19.2 Å². The third-order valence-corrected chi connectivity index (χ3v) is 11.1. The minimum Gasteiger partial charge on any atom is -0.497 e. The average Bonchev–Trinajstić information content (AvgIpc) is 3.26. The Morgan fingerprint density at radius 1 is 1.11 bits per heavy atom. The Kier molecular flexibility index (Phi) is 9.09. The summed E-state index contributed by atoms with van der Waals surface area (Å²) in [6.07, 6.45) is 7.37. The third kappa shape index (κ3) is 6.15. The number of nitrogens with zero attached hydrogens (tertiary/aromatic N) is 3. The molecule has 3 aromatic rings. The number of carbonyl (C=O) groups excluding carboxylic acids is 2. The van der Waals surface area contributed by atoms with E-state index >= 15 is 0 Å². The Hall–Kier alpha value is -3.25. The Bertz CT molecular complexity index is 1640. The van der Waals surface area contributed by atoms with E-state index in [2.05, 4.69) is 25.6 Å². The van der Waals surface area contributed by atoms with Crippen molar-refractivity contribution < 1.29 is 22.7 Å². The number of ether oxygens (including phenoxy) is 1. The van der Waals surface area contributed by atoms with Crippen LogP contribution in [0.25, 0.3) is 22.2 Å². The zero-order chi connectivity index (χ0) is 30.8. The highest BCUT2D eigenvalue weighted by atomic mass is 32.2. The fourth-order valence-electron chi connectivity index (χ4n) is 7.16. The van der Waals surface area contributed by atoms with Gasteiger partial charge in [0.1, 0.15) is 12.0 Å². The minimum absolute atomic E-state index is 0.251. The number of piperazine rings is 1. The SMILES string of the molecule is COc1ccc2c(c1)C[C@H](C=O)Cn1c-2c(C2CCCCC2)c2ccc(C(=O)NS(=O)(=O)N(C)CCN3CCNCC3)cc21. The van der Waals surface area contributed by atoms with Gasteiger partial charge in [-0.3, -0.25) is 9.69 Å². The molecule has 1 amide bonds. The smallest absolute Gasteiger partial charge is 0.303 e. The minimum atomic E-state index is -4.03. The summed E-state index contributed by atoms with van der Waals surface area (Å²) < 4.78 is 37.5. The molecule has 44 heavy (non-hydrogen) atoms. The molecule has 2 N–H and O–H groups in total. The Labute approximate surface area is 259 Å². The zero-order valence-electron chi connectivity index (χ0n) is 25.7. The summed E-state index contributed by atoms with van der Waals surface area (Å²) in [5, 5.41) is 4.36. The second-order valence-corrected chi connectivity index (χ2v) is 14.2. The predicted molar refractivity (Wildman–Crippen MR) is 171 cm³/mol. The van der Waals surface area contributed by atoms with Crippen molar-refractivity contribution in [1.29, 1.82) is 0 Å². The molecule has 1 saturated carbocycles. The van der Waals surface area contributed by atoms with Gasteiger partial charge >= 0.3 is 10.2 Å². The maximum absolute atomic E-state index is 13.4. The average molecular weight is 622 g/mol. The number of aldehydes is 1. The van der Waals surface area contributed by atoms with Crippen molar-refractivity contribution in [3.05, 3.63) is 53.1 Å². The van der Waals surface area contributed by atoms with Gasteiger partial charge in [-0.05, 0) is 66.6 Å². The van der Waals surface area contributed by atoms with E-state index in [0.29, 0.717) is 25.4 Å². The van der Waals surface area contributed by atoms with Crippen LogP contribution in [0.15, 0.2) is 36.4 Å². The molecule has 1 atom stereocenters. The summed E-state index contributed by atoms with van der Waals surface area (Å²) in [6.45, 7) is 4.88. The molecule has 3 heterocycles. The van der Waals surface area contributed by atoms with E-state index in [9.17, 15) is 18.0 Å². The summed E-state index contributed by atoms with van der Waals surface area (Å²) in [7, 11) is -0.883. The molecule has 0 spiro atoms. The van der Waals surface area contributed by atoms with Crippen molar-refractivity contribution in [3.63, 3.8) is 0 Å². The van der Waals surface area contributed by atoms with Gasteiger partial charge in [-0.15, -0.1) is 0 Å². The zero-order valence-corrected chi connectivity index (χ0v) is 26.5. The van der Waals surface area contributed by atoms with Gasteiger partial charge < -0.3 is 19.4 Å². The number of amides is 1. The van der Waals surface area contributed by atoms with E-state index in [4.69, 9.17) is 4.74 Å². The van der Waals surface area contributed by atoms with Crippen LogP contribution in [0.4, 0.5) is 0 Å². The Morgan fingerprint density at radius 3 is 2.61 bits per heavy atom. The Balaban J connectivity index is 1.36. The Morgan fingerprint density at radius 2 is 1.89 bits per heavy atom. The molecule has 2 aliphatic heterocycles. The molecule has 1 aromatic heterocycles. The number of hydrogen-bond donors (Lipinski definition) is 2. The van der Waals surface area contributed by atoms with E-state index in [1.165, 1.54) is 36.2 Å². The van der Waals surface area contributed by atoms with E-state index in [0.717, 1.165) is 78.8 Å². The third-order valence-electron chi connectivity index (χ3n) is 9.61. The van der Waals surface area contributed by atoms with Crippen LogP contribution in [0.3, 0.4) is 0 Å². The molecule has 3 aliphatic rings. The van der Waals surface area contributed by atoms with Crippen LogP contribution < -0.4 is 14.8 Å². The molecule has 0 bridgehead atoms. The highest BCUT2D eigenvalue weighted by Crippen LogP contribution is 2.47. The molecular weight excluding hydrogens is 578 g/mol. The number of methoxy groups -OCH3 is 1. The van der Waals surface area contributed by atoms with Crippen molar-refractivity contribution in [3.8, 4) is 17.0 Å². The lowest BCUT2D eigenvalue weighted by Gasteiger charge is -2.28. The molecule has 2 fully saturated rings. The van der Waals surface area contributed by atoms with Crippen LogP contribution in [0, 0.1) is 5.92 Å². The molecule has 0 unspecified atom stereocenters. The second kappa shape index (κ2) is 13.0.